The van der Waals surface area contributed by atoms with Gasteiger partial charge in [0.05, 0.1) is 13.1 Å². The number of nitrogens with one attached hydrogen (secondary N) is 3. The summed E-state index contributed by atoms with van der Waals surface area (Å²) in [4.78, 5) is 9.32. The van der Waals surface area contributed by atoms with E-state index in [1.165, 1.54) is 5.56 Å². The van der Waals surface area contributed by atoms with Gasteiger partial charge in [0.15, 0.2) is 5.96 Å². The molecule has 2 heterocycles. The van der Waals surface area contributed by atoms with Crippen LogP contribution in [0.2, 0.25) is 0 Å². The number of guanidine groups is 1. The van der Waals surface area contributed by atoms with Gasteiger partial charge in [0.1, 0.15) is 12.2 Å². The van der Waals surface area contributed by atoms with Crippen LogP contribution < -0.4 is 16.0 Å². The fourth-order valence-electron chi connectivity index (χ4n) is 4.11. The van der Waals surface area contributed by atoms with Crippen LogP contribution >= 0.6 is 0 Å². The van der Waals surface area contributed by atoms with Crippen molar-refractivity contribution in [3.8, 4) is 0 Å². The Bertz CT molecular complexity index is 795. The summed E-state index contributed by atoms with van der Waals surface area (Å²) in [6, 6.07) is 11.2. The molecule has 2 atom stereocenters. The number of hydrogen-bond acceptors (Lipinski definition) is 4. The smallest absolute Gasteiger partial charge is 0.191 e. The molecule has 0 fully saturated rings. The third kappa shape index (κ3) is 5.59. The Balaban J connectivity index is 1.67. The summed E-state index contributed by atoms with van der Waals surface area (Å²) in [5, 5.41) is 15.2. The highest BCUT2D eigenvalue weighted by Crippen LogP contribution is 2.22. The number of hydrogen-bond donors (Lipinski definition) is 3. The standard InChI is InChI=1S/C23H37N7/c1-5-23(6-2,29-18(4)19-11-9-8-10-12-19)16-25-22(24-7-3)28-20-13-14-21-26-17-27-30(21)15-20/h8-12,17-18,20,29H,5-7,13-16H2,1-4H3,(H2,24,25,28). The maximum Gasteiger partial charge on any atom is 0.191 e. The van der Waals surface area contributed by atoms with Gasteiger partial charge in [-0.2, -0.15) is 5.10 Å². The summed E-state index contributed by atoms with van der Waals surface area (Å²) < 4.78 is 2.00. The maximum absolute atomic E-state index is 5.00. The van der Waals surface area contributed by atoms with E-state index < -0.39 is 0 Å². The highest BCUT2D eigenvalue weighted by atomic mass is 15.4. The lowest BCUT2D eigenvalue weighted by Crippen LogP contribution is -2.51. The van der Waals surface area contributed by atoms with Gasteiger partial charge in [0.25, 0.3) is 0 Å². The molecule has 30 heavy (non-hydrogen) atoms. The fraction of sp³-hybridized carbons (Fsp3) is 0.609. The van der Waals surface area contributed by atoms with Crippen LogP contribution in [0.25, 0.3) is 0 Å². The van der Waals surface area contributed by atoms with E-state index in [2.05, 4.69) is 84.1 Å². The second-order valence-electron chi connectivity index (χ2n) is 8.20. The van der Waals surface area contributed by atoms with E-state index in [9.17, 15) is 0 Å². The predicted molar refractivity (Wildman–Crippen MR) is 123 cm³/mol. The Kier molecular flexibility index (Phi) is 7.85. The topological polar surface area (TPSA) is 79.2 Å². The largest absolute Gasteiger partial charge is 0.357 e. The van der Waals surface area contributed by atoms with Crippen LogP contribution in [0.4, 0.5) is 0 Å². The molecule has 7 heteroatoms. The molecule has 1 aliphatic heterocycles. The number of aryl methyl sites for hydroxylation is 1. The Labute approximate surface area is 180 Å². The normalized spacial score (nSPS) is 18.0. The van der Waals surface area contributed by atoms with Crippen LogP contribution in [-0.2, 0) is 13.0 Å². The molecule has 3 rings (SSSR count). The van der Waals surface area contributed by atoms with Gasteiger partial charge in [0, 0.05) is 30.6 Å². The molecule has 0 spiro atoms. The molecular weight excluding hydrogens is 374 g/mol. The molecule has 164 valence electrons. The molecule has 1 aromatic carbocycles. The Hall–Kier alpha value is -2.41. The lowest BCUT2D eigenvalue weighted by atomic mass is 9.90. The van der Waals surface area contributed by atoms with E-state index in [1.807, 2.05) is 4.68 Å². The average molecular weight is 412 g/mol. The molecule has 0 saturated heterocycles. The van der Waals surface area contributed by atoms with Gasteiger partial charge in [-0.3, -0.25) is 4.99 Å². The first-order chi connectivity index (χ1) is 14.6. The second-order valence-corrected chi connectivity index (χ2v) is 8.20. The van der Waals surface area contributed by atoms with Crippen molar-refractivity contribution in [2.75, 3.05) is 13.1 Å². The molecule has 0 amide bonds. The molecule has 0 radical (unpaired) electrons. The minimum atomic E-state index is -0.0384. The van der Waals surface area contributed by atoms with E-state index >= 15 is 0 Å². The van der Waals surface area contributed by atoms with Gasteiger partial charge < -0.3 is 16.0 Å². The van der Waals surface area contributed by atoms with Crippen molar-refractivity contribution in [3.05, 3.63) is 48.0 Å². The number of aromatic nitrogens is 3. The zero-order chi connectivity index (χ0) is 21.4. The predicted octanol–water partition coefficient (Wildman–Crippen LogP) is 3.06. The van der Waals surface area contributed by atoms with Crippen LogP contribution in [-0.4, -0.2) is 45.4 Å². The molecule has 0 saturated carbocycles. The van der Waals surface area contributed by atoms with Crippen molar-refractivity contribution in [2.45, 2.75) is 77.5 Å². The van der Waals surface area contributed by atoms with E-state index in [0.29, 0.717) is 6.04 Å². The average Bonchev–Trinajstić information content (AvgIpc) is 3.25. The lowest BCUT2D eigenvalue weighted by Gasteiger charge is -2.35. The SMILES string of the molecule is CCNC(=NCC(CC)(CC)NC(C)c1ccccc1)NC1CCc2ncnn2C1. The monoisotopic (exact) mass is 411 g/mol. The van der Waals surface area contributed by atoms with E-state index in [-0.39, 0.29) is 11.6 Å². The highest BCUT2D eigenvalue weighted by Gasteiger charge is 2.28. The second kappa shape index (κ2) is 10.6. The maximum atomic E-state index is 5.00. The third-order valence-corrected chi connectivity index (χ3v) is 6.21. The quantitative estimate of drug-likeness (QED) is 0.437. The molecule has 2 unspecified atom stereocenters. The van der Waals surface area contributed by atoms with Gasteiger partial charge in [-0.05, 0) is 38.7 Å². The molecular formula is C23H37N7. The first-order valence-electron chi connectivity index (χ1n) is 11.3. The Morgan fingerprint density at radius 1 is 1.23 bits per heavy atom. The number of nitrogens with zero attached hydrogens (tertiary/aromatic N) is 4. The van der Waals surface area contributed by atoms with Crippen molar-refractivity contribution in [1.82, 2.24) is 30.7 Å². The molecule has 0 aliphatic carbocycles. The Morgan fingerprint density at radius 3 is 2.70 bits per heavy atom. The molecule has 1 aromatic heterocycles. The number of fused-ring (bicyclic) bond motifs is 1. The number of aliphatic imine (C=N–C) groups is 1. The minimum absolute atomic E-state index is 0.0384. The molecule has 7 nitrogen and oxygen atoms in total. The van der Waals surface area contributed by atoms with Gasteiger partial charge >= 0.3 is 0 Å². The van der Waals surface area contributed by atoms with E-state index in [4.69, 9.17) is 4.99 Å². The van der Waals surface area contributed by atoms with Crippen molar-refractivity contribution < 1.29 is 0 Å². The van der Waals surface area contributed by atoms with Gasteiger partial charge in [-0.15, -0.1) is 0 Å². The molecule has 2 aromatic rings. The van der Waals surface area contributed by atoms with Gasteiger partial charge in [0.2, 0.25) is 0 Å². The molecule has 1 aliphatic rings. The first-order valence-corrected chi connectivity index (χ1v) is 11.3. The lowest BCUT2D eigenvalue weighted by molar-refractivity contribution is 0.280. The van der Waals surface area contributed by atoms with Crippen LogP contribution in [0.5, 0.6) is 0 Å². The first kappa shape index (κ1) is 22.3. The zero-order valence-electron chi connectivity index (χ0n) is 18.9. The van der Waals surface area contributed by atoms with E-state index in [1.54, 1.807) is 6.33 Å². The van der Waals surface area contributed by atoms with Gasteiger partial charge in [-0.25, -0.2) is 9.67 Å². The van der Waals surface area contributed by atoms with E-state index in [0.717, 1.165) is 57.1 Å². The van der Waals surface area contributed by atoms with Crippen LogP contribution in [0, 0.1) is 0 Å². The summed E-state index contributed by atoms with van der Waals surface area (Å²) in [6.07, 6.45) is 5.68. The summed E-state index contributed by atoms with van der Waals surface area (Å²) in [5.74, 6) is 1.96. The molecule has 0 bridgehead atoms. The minimum Gasteiger partial charge on any atom is -0.357 e. The van der Waals surface area contributed by atoms with Crippen molar-refractivity contribution in [2.24, 2.45) is 4.99 Å². The van der Waals surface area contributed by atoms with Crippen molar-refractivity contribution in [1.29, 1.82) is 0 Å². The summed E-state index contributed by atoms with van der Waals surface area (Å²) in [7, 11) is 0. The Morgan fingerprint density at radius 2 is 2.00 bits per heavy atom. The van der Waals surface area contributed by atoms with Crippen molar-refractivity contribution in [3.63, 3.8) is 0 Å². The van der Waals surface area contributed by atoms with Crippen LogP contribution in [0.1, 0.15) is 64.4 Å². The van der Waals surface area contributed by atoms with Gasteiger partial charge in [-0.1, -0.05) is 44.2 Å². The molecule has 3 N–H and O–H groups in total. The number of benzene rings is 1. The summed E-state index contributed by atoms with van der Waals surface area (Å²) >= 11 is 0. The number of rotatable bonds is 9. The summed E-state index contributed by atoms with van der Waals surface area (Å²) in [6.45, 7) is 11.2. The highest BCUT2D eigenvalue weighted by molar-refractivity contribution is 5.80. The van der Waals surface area contributed by atoms with Crippen molar-refractivity contribution >= 4 is 5.96 Å². The van der Waals surface area contributed by atoms with Crippen LogP contribution in [0.3, 0.4) is 0 Å². The third-order valence-electron chi connectivity index (χ3n) is 6.21. The fourth-order valence-corrected chi connectivity index (χ4v) is 4.11. The zero-order valence-corrected chi connectivity index (χ0v) is 18.9. The van der Waals surface area contributed by atoms with Crippen LogP contribution in [0.15, 0.2) is 41.7 Å². The summed E-state index contributed by atoms with van der Waals surface area (Å²) in [5.41, 5.74) is 1.27.